The number of nitrogens with one attached hydrogen (secondary N) is 1. The number of nitrogens with zero attached hydrogens (tertiary/aromatic N) is 1. The van der Waals surface area contributed by atoms with Crippen molar-refractivity contribution in [1.29, 1.82) is 0 Å². The maximum absolute atomic E-state index is 5.29. The van der Waals surface area contributed by atoms with Crippen LogP contribution in [0, 0.1) is 0 Å². The molecule has 0 saturated carbocycles. The molecule has 0 amide bonds. The SMILES string of the molecule is COCC(C)N(C)C(CNC(C)(C)C)c1ccccc1. The van der Waals surface area contributed by atoms with Crippen molar-refractivity contribution >= 4 is 0 Å². The van der Waals surface area contributed by atoms with E-state index in [1.165, 1.54) is 5.56 Å². The lowest BCUT2D eigenvalue weighted by Gasteiger charge is -2.35. The lowest BCUT2D eigenvalue weighted by atomic mass is 10.0. The number of hydrogen-bond donors (Lipinski definition) is 1. The fourth-order valence-corrected chi connectivity index (χ4v) is 2.24. The molecule has 0 spiro atoms. The maximum atomic E-state index is 5.29. The van der Waals surface area contributed by atoms with Gasteiger partial charge in [0.2, 0.25) is 0 Å². The number of methoxy groups -OCH3 is 1. The third-order valence-corrected chi connectivity index (χ3v) is 3.60. The van der Waals surface area contributed by atoms with E-state index < -0.39 is 0 Å². The van der Waals surface area contributed by atoms with Gasteiger partial charge in [0.1, 0.15) is 0 Å². The van der Waals surface area contributed by atoms with Gasteiger partial charge in [-0.15, -0.1) is 0 Å². The Morgan fingerprint density at radius 3 is 2.30 bits per heavy atom. The van der Waals surface area contributed by atoms with Crippen LogP contribution in [0.4, 0.5) is 0 Å². The van der Waals surface area contributed by atoms with Gasteiger partial charge in [-0.2, -0.15) is 0 Å². The minimum Gasteiger partial charge on any atom is -0.383 e. The van der Waals surface area contributed by atoms with Gasteiger partial charge in [0.05, 0.1) is 6.61 Å². The van der Waals surface area contributed by atoms with Crippen molar-refractivity contribution in [3.05, 3.63) is 35.9 Å². The average Bonchev–Trinajstić information content (AvgIpc) is 2.39. The Bertz CT molecular complexity index is 372. The molecule has 0 heterocycles. The topological polar surface area (TPSA) is 24.5 Å². The van der Waals surface area contributed by atoms with E-state index in [-0.39, 0.29) is 5.54 Å². The molecule has 0 saturated heterocycles. The molecular weight excluding hydrogens is 248 g/mol. The van der Waals surface area contributed by atoms with Gasteiger partial charge in [0, 0.05) is 31.3 Å². The number of ether oxygens (including phenoxy) is 1. The fraction of sp³-hybridized carbons (Fsp3) is 0.647. The van der Waals surface area contributed by atoms with Crippen LogP contribution in [-0.4, -0.2) is 43.8 Å². The largest absolute Gasteiger partial charge is 0.383 e. The van der Waals surface area contributed by atoms with E-state index in [4.69, 9.17) is 4.74 Å². The normalized spacial score (nSPS) is 15.3. The van der Waals surface area contributed by atoms with Crippen LogP contribution >= 0.6 is 0 Å². The Balaban J connectivity index is 2.84. The molecule has 2 unspecified atom stereocenters. The molecule has 3 nitrogen and oxygen atoms in total. The smallest absolute Gasteiger partial charge is 0.0615 e. The highest BCUT2D eigenvalue weighted by atomic mass is 16.5. The molecule has 1 N–H and O–H groups in total. The summed E-state index contributed by atoms with van der Waals surface area (Å²) in [6.45, 7) is 10.5. The third-order valence-electron chi connectivity index (χ3n) is 3.60. The predicted molar refractivity (Wildman–Crippen MR) is 86.0 cm³/mol. The molecule has 114 valence electrons. The lowest BCUT2D eigenvalue weighted by Crippen LogP contribution is -2.45. The van der Waals surface area contributed by atoms with E-state index >= 15 is 0 Å². The van der Waals surface area contributed by atoms with Gasteiger partial charge >= 0.3 is 0 Å². The summed E-state index contributed by atoms with van der Waals surface area (Å²) in [5.41, 5.74) is 1.47. The third kappa shape index (κ3) is 5.61. The summed E-state index contributed by atoms with van der Waals surface area (Å²) in [6, 6.07) is 11.4. The monoisotopic (exact) mass is 278 g/mol. The van der Waals surface area contributed by atoms with Crippen LogP contribution in [0.2, 0.25) is 0 Å². The molecule has 0 aliphatic heterocycles. The molecule has 0 radical (unpaired) electrons. The zero-order valence-electron chi connectivity index (χ0n) is 13.8. The van der Waals surface area contributed by atoms with Crippen LogP contribution in [0.15, 0.2) is 30.3 Å². The second-order valence-corrected chi connectivity index (χ2v) is 6.53. The van der Waals surface area contributed by atoms with E-state index in [0.29, 0.717) is 12.1 Å². The van der Waals surface area contributed by atoms with Crippen LogP contribution in [-0.2, 0) is 4.74 Å². The number of likely N-dealkylation sites (N-methyl/N-ethyl adjacent to an activating group) is 1. The molecule has 0 aliphatic rings. The summed E-state index contributed by atoms with van der Waals surface area (Å²) in [5, 5.41) is 3.62. The molecule has 0 bridgehead atoms. The molecule has 1 aromatic rings. The summed E-state index contributed by atoms with van der Waals surface area (Å²) in [7, 11) is 3.93. The van der Waals surface area contributed by atoms with Gasteiger partial charge < -0.3 is 10.1 Å². The van der Waals surface area contributed by atoms with Crippen molar-refractivity contribution in [1.82, 2.24) is 10.2 Å². The fourth-order valence-electron chi connectivity index (χ4n) is 2.24. The van der Waals surface area contributed by atoms with Crippen molar-refractivity contribution in [3.63, 3.8) is 0 Å². The molecule has 3 heteroatoms. The molecule has 1 aromatic carbocycles. The summed E-state index contributed by atoms with van der Waals surface area (Å²) < 4.78 is 5.29. The second-order valence-electron chi connectivity index (χ2n) is 6.53. The first-order chi connectivity index (χ1) is 9.35. The van der Waals surface area contributed by atoms with E-state index in [1.807, 2.05) is 0 Å². The van der Waals surface area contributed by atoms with Gasteiger partial charge in [0.25, 0.3) is 0 Å². The van der Waals surface area contributed by atoms with E-state index in [0.717, 1.165) is 13.2 Å². The minimum atomic E-state index is 0.123. The molecular formula is C17H30N2O. The highest BCUT2D eigenvalue weighted by molar-refractivity contribution is 5.19. The first-order valence-electron chi connectivity index (χ1n) is 7.36. The number of rotatable bonds is 7. The summed E-state index contributed by atoms with van der Waals surface area (Å²) >= 11 is 0. The molecule has 1 rings (SSSR count). The lowest BCUT2D eigenvalue weighted by molar-refractivity contribution is 0.0861. The molecule has 0 aliphatic carbocycles. The van der Waals surface area contributed by atoms with Crippen LogP contribution in [0.5, 0.6) is 0 Å². The van der Waals surface area contributed by atoms with E-state index in [1.54, 1.807) is 7.11 Å². The van der Waals surface area contributed by atoms with Gasteiger partial charge in [-0.3, -0.25) is 4.90 Å². The van der Waals surface area contributed by atoms with Gasteiger partial charge in [0.15, 0.2) is 0 Å². The Kier molecular flexibility index (Phi) is 6.66. The molecule has 2 atom stereocenters. The predicted octanol–water partition coefficient (Wildman–Crippen LogP) is 3.08. The maximum Gasteiger partial charge on any atom is 0.0615 e. The van der Waals surface area contributed by atoms with E-state index in [9.17, 15) is 0 Å². The minimum absolute atomic E-state index is 0.123. The highest BCUT2D eigenvalue weighted by Gasteiger charge is 2.23. The Hall–Kier alpha value is -0.900. The highest BCUT2D eigenvalue weighted by Crippen LogP contribution is 2.21. The van der Waals surface area contributed by atoms with E-state index in [2.05, 4.69) is 75.3 Å². The molecule has 0 fully saturated rings. The molecule has 20 heavy (non-hydrogen) atoms. The van der Waals surface area contributed by atoms with Crippen LogP contribution < -0.4 is 5.32 Å². The van der Waals surface area contributed by atoms with Crippen molar-refractivity contribution < 1.29 is 4.74 Å². The Morgan fingerprint density at radius 2 is 1.80 bits per heavy atom. The standard InChI is InChI=1S/C17H30N2O/c1-14(13-20-6)19(5)16(12-18-17(2,3)4)15-10-8-7-9-11-15/h7-11,14,16,18H,12-13H2,1-6H3. The Morgan fingerprint density at radius 1 is 1.20 bits per heavy atom. The second kappa shape index (κ2) is 7.77. The summed E-state index contributed by atoms with van der Waals surface area (Å²) in [4.78, 5) is 2.39. The number of hydrogen-bond acceptors (Lipinski definition) is 3. The quantitative estimate of drug-likeness (QED) is 0.829. The Labute approximate surface area is 124 Å². The zero-order valence-corrected chi connectivity index (χ0v) is 13.8. The van der Waals surface area contributed by atoms with Crippen molar-refractivity contribution in [3.8, 4) is 0 Å². The van der Waals surface area contributed by atoms with Crippen molar-refractivity contribution in [2.24, 2.45) is 0 Å². The van der Waals surface area contributed by atoms with Crippen LogP contribution in [0.1, 0.15) is 39.3 Å². The van der Waals surface area contributed by atoms with Gasteiger partial charge in [-0.1, -0.05) is 30.3 Å². The van der Waals surface area contributed by atoms with Crippen molar-refractivity contribution in [2.45, 2.75) is 45.3 Å². The van der Waals surface area contributed by atoms with Gasteiger partial charge in [-0.25, -0.2) is 0 Å². The first kappa shape index (κ1) is 17.2. The molecule has 0 aromatic heterocycles. The summed E-state index contributed by atoms with van der Waals surface area (Å²) in [6.07, 6.45) is 0. The van der Waals surface area contributed by atoms with Crippen molar-refractivity contribution in [2.75, 3.05) is 27.3 Å². The van der Waals surface area contributed by atoms with Crippen LogP contribution in [0.25, 0.3) is 0 Å². The zero-order chi connectivity index (χ0) is 15.2. The number of benzene rings is 1. The average molecular weight is 278 g/mol. The summed E-state index contributed by atoms with van der Waals surface area (Å²) in [5.74, 6) is 0. The van der Waals surface area contributed by atoms with Gasteiger partial charge in [-0.05, 0) is 40.3 Å². The van der Waals surface area contributed by atoms with Crippen LogP contribution in [0.3, 0.4) is 0 Å². The first-order valence-corrected chi connectivity index (χ1v) is 7.36.